The number of thiophene rings is 1. The van der Waals surface area contributed by atoms with E-state index in [2.05, 4.69) is 4.74 Å². The average molecular weight is 259 g/mol. The number of hydrogen-bond acceptors (Lipinski definition) is 5. The normalized spacial score (nSPS) is 18.6. The second kappa shape index (κ2) is 5.18. The van der Waals surface area contributed by atoms with Gasteiger partial charge in [0.2, 0.25) is 4.21 Å². The van der Waals surface area contributed by atoms with Gasteiger partial charge in [-0.1, -0.05) is 11.3 Å². The van der Waals surface area contributed by atoms with Crippen LogP contribution in [0.4, 0.5) is 0 Å². The van der Waals surface area contributed by atoms with Crippen molar-refractivity contribution in [2.75, 3.05) is 20.2 Å². The Morgan fingerprint density at radius 1 is 1.50 bits per heavy atom. The first-order valence-corrected chi connectivity index (χ1v) is 6.99. The van der Waals surface area contributed by atoms with Gasteiger partial charge in [-0.05, 0) is 18.9 Å². The van der Waals surface area contributed by atoms with Crippen LogP contribution in [-0.2, 0) is 16.1 Å². The van der Waals surface area contributed by atoms with Gasteiger partial charge in [-0.2, -0.15) is 0 Å². The van der Waals surface area contributed by atoms with Gasteiger partial charge in [0.15, 0.2) is 0 Å². The molecule has 1 aliphatic heterocycles. The molecule has 1 aromatic heterocycles. The molecule has 1 fully saturated rings. The van der Waals surface area contributed by atoms with Crippen LogP contribution in [0.3, 0.4) is 0 Å². The molecule has 0 radical (unpaired) electrons. The minimum atomic E-state index is -1.11. The first-order chi connectivity index (χ1) is 7.72. The largest absolute Gasteiger partial charge is 0.592 e. The number of hydrogen-bond donors (Lipinski definition) is 0. The number of ether oxygens (including phenoxy) is 1. The Balaban J connectivity index is 2.08. The molecule has 0 aliphatic carbocycles. The zero-order valence-corrected chi connectivity index (χ0v) is 10.6. The maximum atomic E-state index is 12.1. The van der Waals surface area contributed by atoms with Crippen LogP contribution in [0.1, 0.15) is 22.5 Å². The van der Waals surface area contributed by atoms with Crippen LogP contribution < -0.4 is 0 Å². The van der Waals surface area contributed by atoms with E-state index in [1.54, 1.807) is 12.1 Å². The van der Waals surface area contributed by atoms with Crippen molar-refractivity contribution in [1.82, 2.24) is 4.31 Å². The molecule has 0 aromatic carbocycles. The molecular weight excluding hydrogens is 246 g/mol. The molecule has 1 unspecified atom stereocenters. The fourth-order valence-corrected chi connectivity index (χ4v) is 4.16. The molecule has 1 aromatic rings. The van der Waals surface area contributed by atoms with Crippen molar-refractivity contribution in [2.24, 2.45) is 0 Å². The summed E-state index contributed by atoms with van der Waals surface area (Å²) in [6.07, 6.45) is 2.20. The van der Waals surface area contributed by atoms with Gasteiger partial charge in [0.05, 0.1) is 18.5 Å². The van der Waals surface area contributed by atoms with E-state index in [1.807, 2.05) is 4.31 Å². The third-order valence-electron chi connectivity index (χ3n) is 2.44. The number of methoxy groups -OCH3 is 1. The third-order valence-corrected chi connectivity index (χ3v) is 5.29. The van der Waals surface area contributed by atoms with E-state index in [-0.39, 0.29) is 5.97 Å². The summed E-state index contributed by atoms with van der Waals surface area (Å²) in [6.45, 7) is 1.75. The second-order valence-corrected chi connectivity index (χ2v) is 6.29. The van der Waals surface area contributed by atoms with Crippen LogP contribution in [0.25, 0.3) is 0 Å². The van der Waals surface area contributed by atoms with Crippen LogP contribution in [0.5, 0.6) is 0 Å². The minimum absolute atomic E-state index is 0.366. The molecule has 0 N–H and O–H groups in total. The van der Waals surface area contributed by atoms with Crippen molar-refractivity contribution >= 4 is 28.7 Å². The third kappa shape index (κ3) is 2.40. The molecule has 1 aliphatic rings. The van der Waals surface area contributed by atoms with Gasteiger partial charge in [-0.3, -0.25) is 0 Å². The van der Waals surface area contributed by atoms with Crippen molar-refractivity contribution in [2.45, 2.75) is 17.1 Å². The Morgan fingerprint density at radius 3 is 2.81 bits per heavy atom. The van der Waals surface area contributed by atoms with Gasteiger partial charge in [0.1, 0.15) is 4.88 Å². The Labute approximate surface area is 102 Å². The molecular formula is C10H13NO3S2. The summed E-state index contributed by atoms with van der Waals surface area (Å²) >= 11 is 0.132. The van der Waals surface area contributed by atoms with E-state index in [0.717, 1.165) is 30.1 Å². The molecule has 0 bridgehead atoms. The second-order valence-electron chi connectivity index (χ2n) is 3.50. The lowest BCUT2D eigenvalue weighted by molar-refractivity contribution is 0.0606. The fourth-order valence-electron chi connectivity index (χ4n) is 1.61. The van der Waals surface area contributed by atoms with Gasteiger partial charge in [0.25, 0.3) is 0 Å². The molecule has 6 heteroatoms. The maximum absolute atomic E-state index is 12.1. The Bertz CT molecular complexity index is 374. The molecule has 0 saturated carbocycles. The van der Waals surface area contributed by atoms with E-state index in [1.165, 1.54) is 18.4 Å². The van der Waals surface area contributed by atoms with Crippen LogP contribution in [0.2, 0.25) is 0 Å². The number of carbonyl (C=O) groups is 1. The number of carbonyl (C=O) groups excluding carboxylic acids is 1. The van der Waals surface area contributed by atoms with Crippen LogP contribution in [-0.4, -0.2) is 35.0 Å². The highest BCUT2D eigenvalue weighted by atomic mass is 32.2. The van der Waals surface area contributed by atoms with Crippen LogP contribution in [0.15, 0.2) is 16.3 Å². The van der Waals surface area contributed by atoms with Crippen molar-refractivity contribution in [3.05, 3.63) is 17.0 Å². The summed E-state index contributed by atoms with van der Waals surface area (Å²) in [7, 11) is 1.35. The Morgan fingerprint density at radius 2 is 2.19 bits per heavy atom. The molecule has 2 heterocycles. The first kappa shape index (κ1) is 11.9. The number of nitrogens with zero attached hydrogens (tertiary/aromatic N) is 1. The van der Waals surface area contributed by atoms with Crippen molar-refractivity contribution in [3.63, 3.8) is 0 Å². The molecule has 16 heavy (non-hydrogen) atoms. The van der Waals surface area contributed by atoms with Gasteiger partial charge >= 0.3 is 5.97 Å². The summed E-state index contributed by atoms with van der Waals surface area (Å²) in [4.78, 5) is 11.8. The highest BCUT2D eigenvalue weighted by Gasteiger charge is 2.28. The van der Waals surface area contributed by atoms with E-state index in [9.17, 15) is 9.35 Å². The zero-order valence-electron chi connectivity index (χ0n) is 8.97. The molecule has 0 amide bonds. The highest BCUT2D eigenvalue weighted by molar-refractivity contribution is 7.91. The van der Waals surface area contributed by atoms with Gasteiger partial charge in [0, 0.05) is 19.2 Å². The lowest BCUT2D eigenvalue weighted by atomic mass is 10.4. The summed E-state index contributed by atoms with van der Waals surface area (Å²) in [6, 6.07) is 3.41. The average Bonchev–Trinajstić information content (AvgIpc) is 2.97. The quantitative estimate of drug-likeness (QED) is 0.612. The van der Waals surface area contributed by atoms with Gasteiger partial charge in [-0.25, -0.2) is 4.79 Å². The summed E-state index contributed by atoms with van der Waals surface area (Å²) in [5.74, 6) is -0.366. The highest BCUT2D eigenvalue weighted by Crippen LogP contribution is 2.27. The monoisotopic (exact) mass is 259 g/mol. The van der Waals surface area contributed by atoms with E-state index >= 15 is 0 Å². The maximum Gasteiger partial charge on any atom is 0.348 e. The molecule has 1 atom stereocenters. The summed E-state index contributed by atoms with van der Waals surface area (Å²) < 4.78 is 19.3. The molecule has 4 nitrogen and oxygen atoms in total. The Kier molecular flexibility index (Phi) is 3.86. The van der Waals surface area contributed by atoms with Gasteiger partial charge in [-0.15, -0.1) is 4.31 Å². The standard InChI is InChI=1S/C10H13NO3S2/c1-14-10(12)8-4-5-9(15-8)16(13)11-6-2-3-7-11/h4-5H,2-3,6-7H2,1H3. The van der Waals surface area contributed by atoms with Crippen molar-refractivity contribution in [3.8, 4) is 0 Å². The van der Waals surface area contributed by atoms with E-state index in [4.69, 9.17) is 0 Å². The topological polar surface area (TPSA) is 52.6 Å². The number of esters is 1. The molecule has 0 spiro atoms. The molecule has 1 saturated heterocycles. The summed E-state index contributed by atoms with van der Waals surface area (Å²) in [5.41, 5.74) is 0. The zero-order chi connectivity index (χ0) is 11.5. The van der Waals surface area contributed by atoms with E-state index in [0.29, 0.717) is 4.88 Å². The van der Waals surface area contributed by atoms with Crippen molar-refractivity contribution < 1.29 is 14.1 Å². The smallest absolute Gasteiger partial charge is 0.348 e. The predicted molar refractivity (Wildman–Crippen MR) is 62.9 cm³/mol. The first-order valence-electron chi connectivity index (χ1n) is 5.07. The van der Waals surface area contributed by atoms with E-state index < -0.39 is 11.4 Å². The van der Waals surface area contributed by atoms with Crippen LogP contribution >= 0.6 is 11.3 Å². The minimum Gasteiger partial charge on any atom is -0.592 e. The lowest BCUT2D eigenvalue weighted by Gasteiger charge is -2.16. The predicted octanol–water partition coefficient (Wildman–Crippen LogP) is 1.65. The summed E-state index contributed by atoms with van der Waals surface area (Å²) in [5, 5.41) is 0. The lowest BCUT2D eigenvalue weighted by Crippen LogP contribution is -2.27. The SMILES string of the molecule is COC(=O)c1ccc([S+]([O-])N2CCCC2)s1. The molecule has 88 valence electrons. The van der Waals surface area contributed by atoms with Crippen LogP contribution in [0, 0.1) is 0 Å². The number of rotatable bonds is 3. The Hall–Kier alpha value is -0.560. The van der Waals surface area contributed by atoms with Gasteiger partial charge < -0.3 is 9.29 Å². The fraction of sp³-hybridized carbons (Fsp3) is 0.500. The van der Waals surface area contributed by atoms with Crippen molar-refractivity contribution in [1.29, 1.82) is 0 Å². The molecule has 2 rings (SSSR count).